The van der Waals surface area contributed by atoms with Crippen molar-refractivity contribution >= 4 is 34.6 Å². The van der Waals surface area contributed by atoms with Gasteiger partial charge in [0.1, 0.15) is 5.75 Å². The summed E-state index contributed by atoms with van der Waals surface area (Å²) >= 11 is 12.4. The van der Waals surface area contributed by atoms with Gasteiger partial charge in [-0.1, -0.05) is 42.8 Å². The molecule has 184 valence electrons. The molecule has 0 aliphatic carbocycles. The molecule has 4 aromatic rings. The van der Waals surface area contributed by atoms with Crippen LogP contribution in [0.25, 0.3) is 5.69 Å². The molecule has 2 aromatic carbocycles. The van der Waals surface area contributed by atoms with Crippen LogP contribution >= 0.6 is 23.8 Å². The number of benzene rings is 2. The highest BCUT2D eigenvalue weighted by molar-refractivity contribution is 7.80. The second-order valence-corrected chi connectivity index (χ2v) is 9.75. The fraction of sp³-hybridized carbons (Fsp3) is 0.241. The van der Waals surface area contributed by atoms with E-state index in [0.29, 0.717) is 15.9 Å². The monoisotopic (exact) mass is 516 g/mol. The molecule has 7 heteroatoms. The van der Waals surface area contributed by atoms with Crippen molar-refractivity contribution < 1.29 is 4.74 Å². The number of ether oxygens (including phenoxy) is 1. The lowest BCUT2D eigenvalue weighted by atomic mass is 9.96. The summed E-state index contributed by atoms with van der Waals surface area (Å²) in [7, 11) is 1.62. The Kier molecular flexibility index (Phi) is 6.73. The van der Waals surface area contributed by atoms with E-state index >= 15 is 0 Å². The summed E-state index contributed by atoms with van der Waals surface area (Å²) in [6.45, 7) is 6.54. The highest BCUT2D eigenvalue weighted by Crippen LogP contribution is 2.45. The van der Waals surface area contributed by atoms with Crippen molar-refractivity contribution in [1.82, 2.24) is 14.9 Å². The zero-order chi connectivity index (χ0) is 25.4. The maximum Gasteiger partial charge on any atom is 0.174 e. The third-order valence-corrected chi connectivity index (χ3v) is 7.52. The lowest BCUT2D eigenvalue weighted by Gasteiger charge is -2.28. The van der Waals surface area contributed by atoms with Crippen LogP contribution in [0.2, 0.25) is 5.02 Å². The van der Waals surface area contributed by atoms with Crippen LogP contribution in [0.15, 0.2) is 72.9 Å². The maximum atomic E-state index is 6.55. The summed E-state index contributed by atoms with van der Waals surface area (Å²) in [4.78, 5) is 6.84. The third-order valence-electron chi connectivity index (χ3n) is 6.91. The number of aromatic nitrogens is 2. The van der Waals surface area contributed by atoms with Gasteiger partial charge in [-0.05, 0) is 86.1 Å². The minimum atomic E-state index is -0.130. The Morgan fingerprint density at radius 1 is 1.06 bits per heavy atom. The van der Waals surface area contributed by atoms with Crippen LogP contribution in [0.5, 0.6) is 5.75 Å². The van der Waals surface area contributed by atoms with Crippen molar-refractivity contribution in [3.05, 3.63) is 106 Å². The Morgan fingerprint density at radius 3 is 2.53 bits per heavy atom. The molecule has 0 spiro atoms. The van der Waals surface area contributed by atoms with Crippen LogP contribution in [0.1, 0.15) is 47.2 Å². The zero-order valence-corrected chi connectivity index (χ0v) is 22.4. The number of para-hydroxylation sites is 1. The molecule has 0 bridgehead atoms. The summed E-state index contributed by atoms with van der Waals surface area (Å²) in [5.41, 5.74) is 7.90. The van der Waals surface area contributed by atoms with Crippen molar-refractivity contribution in [3.8, 4) is 11.4 Å². The van der Waals surface area contributed by atoms with Crippen molar-refractivity contribution in [2.75, 3.05) is 12.0 Å². The minimum Gasteiger partial charge on any atom is -0.495 e. The molecule has 3 heterocycles. The molecule has 5 nitrogen and oxygen atoms in total. The molecule has 1 fully saturated rings. The van der Waals surface area contributed by atoms with Crippen molar-refractivity contribution in [2.45, 2.75) is 39.3 Å². The van der Waals surface area contributed by atoms with Gasteiger partial charge in [-0.15, -0.1) is 0 Å². The third kappa shape index (κ3) is 4.14. The summed E-state index contributed by atoms with van der Waals surface area (Å²) in [6.07, 6.45) is 2.79. The number of pyridine rings is 1. The van der Waals surface area contributed by atoms with Crippen LogP contribution in [-0.2, 0) is 6.42 Å². The molecule has 0 radical (unpaired) electrons. The maximum absolute atomic E-state index is 6.55. The van der Waals surface area contributed by atoms with E-state index in [1.807, 2.05) is 42.6 Å². The number of thiocarbonyl (C=S) groups is 1. The van der Waals surface area contributed by atoms with Crippen LogP contribution in [0.3, 0.4) is 0 Å². The number of hydrogen-bond donors (Lipinski definition) is 1. The van der Waals surface area contributed by atoms with E-state index in [4.69, 9.17) is 28.6 Å². The van der Waals surface area contributed by atoms with Gasteiger partial charge >= 0.3 is 0 Å². The van der Waals surface area contributed by atoms with Crippen LogP contribution in [0, 0.1) is 13.8 Å². The molecular weight excluding hydrogens is 488 g/mol. The van der Waals surface area contributed by atoms with E-state index in [0.717, 1.165) is 17.8 Å². The molecule has 1 saturated heterocycles. The van der Waals surface area contributed by atoms with Gasteiger partial charge in [0.25, 0.3) is 0 Å². The highest BCUT2D eigenvalue weighted by atomic mass is 35.5. The number of halogens is 1. The highest BCUT2D eigenvalue weighted by Gasteiger charge is 2.42. The van der Waals surface area contributed by atoms with E-state index in [-0.39, 0.29) is 12.1 Å². The fourth-order valence-corrected chi connectivity index (χ4v) is 5.84. The topological polar surface area (TPSA) is 42.3 Å². The summed E-state index contributed by atoms with van der Waals surface area (Å²) in [5.74, 6) is 0.630. The quantitative estimate of drug-likeness (QED) is 0.283. The first-order valence-electron chi connectivity index (χ1n) is 12.1. The first-order chi connectivity index (χ1) is 17.4. The first-order valence-corrected chi connectivity index (χ1v) is 12.8. The fourth-order valence-electron chi connectivity index (χ4n) is 5.24. The Balaban J connectivity index is 1.69. The number of aryl methyl sites for hydroxylation is 2. The van der Waals surface area contributed by atoms with Gasteiger partial charge < -0.3 is 19.5 Å². The van der Waals surface area contributed by atoms with Crippen molar-refractivity contribution in [1.29, 1.82) is 0 Å². The smallest absolute Gasteiger partial charge is 0.174 e. The van der Waals surface area contributed by atoms with E-state index in [9.17, 15) is 0 Å². The average Bonchev–Trinajstić information content (AvgIpc) is 3.39. The lowest BCUT2D eigenvalue weighted by Crippen LogP contribution is -2.29. The predicted octanol–water partition coefficient (Wildman–Crippen LogP) is 6.89. The number of methoxy groups -OCH3 is 1. The Labute approximate surface area is 222 Å². The molecule has 0 amide bonds. The molecule has 1 aliphatic rings. The van der Waals surface area contributed by atoms with E-state index < -0.39 is 0 Å². The Hall–Kier alpha value is -3.35. The second kappa shape index (κ2) is 9.96. The second-order valence-electron chi connectivity index (χ2n) is 8.96. The van der Waals surface area contributed by atoms with Gasteiger partial charge in [0.2, 0.25) is 0 Å². The average molecular weight is 517 g/mol. The lowest BCUT2D eigenvalue weighted by molar-refractivity contribution is 0.415. The van der Waals surface area contributed by atoms with Crippen LogP contribution in [0.4, 0.5) is 5.69 Å². The largest absolute Gasteiger partial charge is 0.495 e. The number of nitrogens with zero attached hydrogens (tertiary/aromatic N) is 3. The molecule has 2 atom stereocenters. The van der Waals surface area contributed by atoms with E-state index in [2.05, 4.69) is 70.9 Å². The Morgan fingerprint density at radius 2 is 1.83 bits per heavy atom. The summed E-state index contributed by atoms with van der Waals surface area (Å²) < 4.78 is 7.74. The number of hydrogen-bond acceptors (Lipinski definition) is 3. The summed E-state index contributed by atoms with van der Waals surface area (Å²) in [5, 5.41) is 4.72. The number of rotatable bonds is 6. The van der Waals surface area contributed by atoms with Gasteiger partial charge in [-0.25, -0.2) is 0 Å². The first kappa shape index (κ1) is 24.3. The number of nitrogens with one attached hydrogen (secondary N) is 1. The molecule has 2 aromatic heterocycles. The molecule has 2 unspecified atom stereocenters. The molecule has 0 saturated carbocycles. The Bertz CT molecular complexity index is 1420. The molecular formula is C29H29ClN4OS. The normalized spacial score (nSPS) is 17.4. The standard InChI is InChI=1S/C29H29ClN4OS/c1-5-20-10-6-7-12-25(20)33-18(2)16-22(19(33)3)28-27(24-11-8-9-15-31-24)32-29(36)34(28)21-13-14-26(35-4)23(30)17-21/h6-17,27-28H,5H2,1-4H3,(H,32,36). The minimum absolute atomic E-state index is 0.120. The van der Waals surface area contributed by atoms with Crippen LogP contribution in [-0.4, -0.2) is 21.8 Å². The zero-order valence-electron chi connectivity index (χ0n) is 20.8. The van der Waals surface area contributed by atoms with E-state index in [1.54, 1.807) is 7.11 Å². The van der Waals surface area contributed by atoms with Gasteiger partial charge in [0.05, 0.1) is 29.9 Å². The van der Waals surface area contributed by atoms with Gasteiger partial charge in [-0.2, -0.15) is 0 Å². The molecule has 36 heavy (non-hydrogen) atoms. The summed E-state index contributed by atoms with van der Waals surface area (Å²) in [6, 6.07) is 22.4. The predicted molar refractivity (Wildman–Crippen MR) is 151 cm³/mol. The molecule has 1 N–H and O–H groups in total. The van der Waals surface area contributed by atoms with Gasteiger partial charge in [0.15, 0.2) is 5.11 Å². The van der Waals surface area contributed by atoms with Crippen molar-refractivity contribution in [3.63, 3.8) is 0 Å². The van der Waals surface area contributed by atoms with Gasteiger partial charge in [-0.3, -0.25) is 4.98 Å². The molecule has 5 rings (SSSR count). The SMILES string of the molecule is CCc1ccccc1-n1c(C)cc(C2C(c3ccccn3)NC(=S)N2c2ccc(OC)c(Cl)c2)c1C. The van der Waals surface area contributed by atoms with Crippen LogP contribution < -0.4 is 15.0 Å². The van der Waals surface area contributed by atoms with E-state index in [1.165, 1.54) is 28.2 Å². The van der Waals surface area contributed by atoms with Crippen molar-refractivity contribution in [2.24, 2.45) is 0 Å². The number of anilines is 1. The van der Waals surface area contributed by atoms with Gasteiger partial charge in [0, 0.05) is 29.0 Å². The molecule has 1 aliphatic heterocycles.